The van der Waals surface area contributed by atoms with Crippen molar-refractivity contribution in [3.63, 3.8) is 0 Å². The van der Waals surface area contributed by atoms with Crippen LogP contribution in [0, 0.1) is 0 Å². The summed E-state index contributed by atoms with van der Waals surface area (Å²) < 4.78 is 36.3. The Labute approximate surface area is 127 Å². The molecule has 0 aromatic heterocycles. The Morgan fingerprint density at radius 1 is 0.476 bits per heavy atom. The second kappa shape index (κ2) is 19.7. The van der Waals surface area contributed by atoms with Crippen molar-refractivity contribution < 1.29 is 33.2 Å². The van der Waals surface area contributed by atoms with Gasteiger partial charge in [-0.05, 0) is 6.92 Å². The molecule has 0 aromatic rings. The first-order valence-electron chi connectivity index (χ1n) is 7.37. The predicted molar refractivity (Wildman–Crippen MR) is 77.6 cm³/mol. The van der Waals surface area contributed by atoms with Crippen molar-refractivity contribution in [3.8, 4) is 0 Å². The fourth-order valence-corrected chi connectivity index (χ4v) is 1.22. The highest BCUT2D eigenvalue weighted by Crippen LogP contribution is 1.84. The van der Waals surface area contributed by atoms with Gasteiger partial charge in [-0.1, -0.05) is 0 Å². The fraction of sp³-hybridized carbons (Fsp3) is 1.00. The number of ether oxygens (including phenoxy) is 7. The molecule has 0 rings (SSSR count). The fourth-order valence-electron chi connectivity index (χ4n) is 1.22. The summed E-state index contributed by atoms with van der Waals surface area (Å²) in [5.74, 6) is 0. The number of rotatable bonds is 18. The van der Waals surface area contributed by atoms with Gasteiger partial charge in [0.1, 0.15) is 6.79 Å². The van der Waals surface area contributed by atoms with Crippen molar-refractivity contribution in [1.82, 2.24) is 0 Å². The molecule has 0 saturated heterocycles. The molecule has 0 amide bonds. The van der Waals surface area contributed by atoms with Crippen LogP contribution in [0.2, 0.25) is 0 Å². The molecule has 0 aliphatic carbocycles. The van der Waals surface area contributed by atoms with E-state index in [-0.39, 0.29) is 0 Å². The summed E-state index contributed by atoms with van der Waals surface area (Å²) in [4.78, 5) is 0. The molecule has 0 radical (unpaired) electrons. The average molecular weight is 310 g/mol. The van der Waals surface area contributed by atoms with Crippen LogP contribution in [0.4, 0.5) is 0 Å². The molecule has 0 N–H and O–H groups in total. The highest BCUT2D eigenvalue weighted by atomic mass is 16.7. The Morgan fingerprint density at radius 2 is 0.857 bits per heavy atom. The van der Waals surface area contributed by atoms with E-state index in [4.69, 9.17) is 33.2 Å². The van der Waals surface area contributed by atoms with Gasteiger partial charge in [-0.25, -0.2) is 0 Å². The minimum absolute atomic E-state index is 0.322. The molecular formula is C14H30O7. The van der Waals surface area contributed by atoms with Crippen LogP contribution >= 0.6 is 0 Å². The third-order valence-corrected chi connectivity index (χ3v) is 2.29. The molecule has 21 heavy (non-hydrogen) atoms. The maximum atomic E-state index is 5.35. The van der Waals surface area contributed by atoms with E-state index in [1.165, 1.54) is 0 Å². The number of methoxy groups -OCH3 is 1. The monoisotopic (exact) mass is 310 g/mol. The van der Waals surface area contributed by atoms with Crippen LogP contribution in [0.1, 0.15) is 6.92 Å². The van der Waals surface area contributed by atoms with Crippen LogP contribution in [-0.4, -0.2) is 86.6 Å². The molecule has 0 aliphatic rings. The first kappa shape index (κ1) is 20.7. The average Bonchev–Trinajstić information content (AvgIpc) is 2.50. The van der Waals surface area contributed by atoms with Crippen molar-refractivity contribution in [2.24, 2.45) is 0 Å². The van der Waals surface area contributed by atoms with Gasteiger partial charge >= 0.3 is 0 Å². The summed E-state index contributed by atoms with van der Waals surface area (Å²) in [7, 11) is 1.65. The second-order valence-electron chi connectivity index (χ2n) is 3.96. The third-order valence-electron chi connectivity index (χ3n) is 2.29. The van der Waals surface area contributed by atoms with Crippen molar-refractivity contribution in [1.29, 1.82) is 0 Å². The first-order valence-corrected chi connectivity index (χ1v) is 7.37. The van der Waals surface area contributed by atoms with E-state index in [0.717, 1.165) is 0 Å². The molecule has 0 heterocycles. The molecule has 7 heteroatoms. The molecule has 0 fully saturated rings. The first-order chi connectivity index (χ1) is 10.4. The maximum absolute atomic E-state index is 5.35. The molecule has 0 aromatic carbocycles. The number of hydrogen-bond acceptors (Lipinski definition) is 7. The van der Waals surface area contributed by atoms with E-state index in [2.05, 4.69) is 0 Å². The maximum Gasteiger partial charge on any atom is 0.146 e. The van der Waals surface area contributed by atoms with Gasteiger partial charge in [-0.15, -0.1) is 0 Å². The van der Waals surface area contributed by atoms with E-state index in [9.17, 15) is 0 Å². The summed E-state index contributed by atoms with van der Waals surface area (Å²) in [5, 5.41) is 0. The Bertz CT molecular complexity index is 163. The number of hydrogen-bond donors (Lipinski definition) is 0. The van der Waals surface area contributed by atoms with Gasteiger partial charge in [0, 0.05) is 13.7 Å². The van der Waals surface area contributed by atoms with Crippen LogP contribution in [0.25, 0.3) is 0 Å². The molecular weight excluding hydrogens is 280 g/mol. The summed E-state index contributed by atoms with van der Waals surface area (Å²) in [5.41, 5.74) is 0. The second-order valence-corrected chi connectivity index (χ2v) is 3.96. The van der Waals surface area contributed by atoms with Crippen molar-refractivity contribution in [2.75, 3.05) is 86.6 Å². The molecule has 128 valence electrons. The molecule has 0 atom stereocenters. The van der Waals surface area contributed by atoms with Gasteiger partial charge in [-0.2, -0.15) is 0 Å². The highest BCUT2D eigenvalue weighted by Gasteiger charge is 1.93. The Balaban J connectivity index is 2.90. The van der Waals surface area contributed by atoms with Crippen LogP contribution < -0.4 is 0 Å². The van der Waals surface area contributed by atoms with Gasteiger partial charge < -0.3 is 33.2 Å². The van der Waals surface area contributed by atoms with E-state index >= 15 is 0 Å². The van der Waals surface area contributed by atoms with Crippen LogP contribution in [0.3, 0.4) is 0 Å². The summed E-state index contributed by atoms with van der Waals surface area (Å²) in [6.07, 6.45) is 0. The minimum Gasteiger partial charge on any atom is -0.382 e. The van der Waals surface area contributed by atoms with E-state index in [1.807, 2.05) is 6.92 Å². The molecule has 0 aliphatic heterocycles. The predicted octanol–water partition coefficient (Wildman–Crippen LogP) is 0.710. The lowest BCUT2D eigenvalue weighted by atomic mass is 10.7. The normalized spacial score (nSPS) is 11.1. The Kier molecular flexibility index (Phi) is 19.5. The van der Waals surface area contributed by atoms with Gasteiger partial charge in [0.25, 0.3) is 0 Å². The lowest BCUT2D eigenvalue weighted by Gasteiger charge is -2.07. The van der Waals surface area contributed by atoms with Crippen molar-refractivity contribution >= 4 is 0 Å². The SMILES string of the molecule is CCOCOCCOCCOCCOCCOCCOC. The minimum atomic E-state index is 0.322. The molecule has 0 unspecified atom stereocenters. The topological polar surface area (TPSA) is 64.6 Å². The molecule has 0 saturated carbocycles. The summed E-state index contributed by atoms with van der Waals surface area (Å²) in [6.45, 7) is 8.58. The van der Waals surface area contributed by atoms with Gasteiger partial charge in [0.2, 0.25) is 0 Å². The van der Waals surface area contributed by atoms with Crippen LogP contribution in [0.5, 0.6) is 0 Å². The third kappa shape index (κ3) is 19.7. The summed E-state index contributed by atoms with van der Waals surface area (Å²) in [6, 6.07) is 0. The quantitative estimate of drug-likeness (QED) is 0.273. The molecule has 0 spiro atoms. The lowest BCUT2D eigenvalue weighted by Crippen LogP contribution is -2.14. The van der Waals surface area contributed by atoms with Gasteiger partial charge in [-0.3, -0.25) is 0 Å². The Hall–Kier alpha value is -0.280. The van der Waals surface area contributed by atoms with Crippen molar-refractivity contribution in [3.05, 3.63) is 0 Å². The molecule has 7 nitrogen and oxygen atoms in total. The van der Waals surface area contributed by atoms with Gasteiger partial charge in [0.15, 0.2) is 0 Å². The van der Waals surface area contributed by atoms with Crippen molar-refractivity contribution in [2.45, 2.75) is 6.92 Å². The van der Waals surface area contributed by atoms with E-state index < -0.39 is 0 Å². The molecule has 0 bridgehead atoms. The van der Waals surface area contributed by atoms with E-state index in [1.54, 1.807) is 7.11 Å². The Morgan fingerprint density at radius 3 is 1.24 bits per heavy atom. The zero-order valence-electron chi connectivity index (χ0n) is 13.3. The summed E-state index contributed by atoms with van der Waals surface area (Å²) >= 11 is 0. The van der Waals surface area contributed by atoms with Crippen LogP contribution in [-0.2, 0) is 33.2 Å². The lowest BCUT2D eigenvalue weighted by molar-refractivity contribution is -0.0700. The highest BCUT2D eigenvalue weighted by molar-refractivity contribution is 4.35. The standard InChI is InChI=1S/C14H30O7/c1-3-16-14-21-13-12-20-11-10-19-9-8-18-7-6-17-5-4-15-2/h3-14H2,1-2H3. The zero-order chi connectivity index (χ0) is 15.4. The van der Waals surface area contributed by atoms with Crippen LogP contribution in [0.15, 0.2) is 0 Å². The van der Waals surface area contributed by atoms with E-state index in [0.29, 0.717) is 79.5 Å². The zero-order valence-corrected chi connectivity index (χ0v) is 13.3. The van der Waals surface area contributed by atoms with Gasteiger partial charge in [0.05, 0.1) is 66.1 Å². The smallest absolute Gasteiger partial charge is 0.146 e. The largest absolute Gasteiger partial charge is 0.382 e.